The summed E-state index contributed by atoms with van der Waals surface area (Å²) in [6, 6.07) is 6.40. The van der Waals surface area contributed by atoms with E-state index in [4.69, 9.17) is 0 Å². The van der Waals surface area contributed by atoms with Crippen LogP contribution in [0.1, 0.15) is 38.7 Å². The number of amides is 1. The third-order valence-electron chi connectivity index (χ3n) is 2.88. The van der Waals surface area contributed by atoms with Crippen LogP contribution in [0, 0.1) is 0 Å². The maximum Gasteiger partial charge on any atom is 0.226 e. The monoisotopic (exact) mass is 218 g/mol. The summed E-state index contributed by atoms with van der Waals surface area (Å²) in [5.41, 5.74) is 3.17. The molecule has 0 spiro atoms. The van der Waals surface area contributed by atoms with E-state index in [-0.39, 0.29) is 11.9 Å². The minimum atomic E-state index is 0.0830. The minimum absolute atomic E-state index is 0.0830. The van der Waals surface area contributed by atoms with Crippen molar-refractivity contribution >= 4 is 17.3 Å². The molecule has 1 aromatic rings. The average molecular weight is 218 g/mol. The second kappa shape index (κ2) is 4.16. The Balaban J connectivity index is 2.38. The van der Waals surface area contributed by atoms with Crippen LogP contribution in [0.25, 0.3) is 0 Å². The summed E-state index contributed by atoms with van der Waals surface area (Å²) >= 11 is 0. The highest BCUT2D eigenvalue weighted by molar-refractivity contribution is 5.96. The number of carbonyl (C=O) groups is 1. The van der Waals surface area contributed by atoms with Crippen LogP contribution in [0.3, 0.4) is 0 Å². The normalized spacial score (nSPS) is 19.8. The first-order chi connectivity index (χ1) is 7.56. The molecule has 2 N–H and O–H groups in total. The van der Waals surface area contributed by atoms with Gasteiger partial charge >= 0.3 is 0 Å². The smallest absolute Gasteiger partial charge is 0.226 e. The van der Waals surface area contributed by atoms with Crippen LogP contribution < -0.4 is 10.6 Å². The van der Waals surface area contributed by atoms with E-state index < -0.39 is 0 Å². The molecule has 2 rings (SSSR count). The van der Waals surface area contributed by atoms with Crippen molar-refractivity contribution in [3.8, 4) is 0 Å². The molecular weight excluding hydrogens is 200 g/mol. The number of rotatable bonds is 1. The van der Waals surface area contributed by atoms with Crippen LogP contribution in [0.4, 0.5) is 11.4 Å². The molecule has 16 heavy (non-hydrogen) atoms. The van der Waals surface area contributed by atoms with Gasteiger partial charge in [0.25, 0.3) is 0 Å². The largest absolute Gasteiger partial charge is 0.380 e. The Hall–Kier alpha value is -1.51. The highest BCUT2D eigenvalue weighted by atomic mass is 16.1. The van der Waals surface area contributed by atoms with Gasteiger partial charge in [-0.1, -0.05) is 19.9 Å². The Labute approximate surface area is 96.2 Å². The molecule has 0 aliphatic carbocycles. The van der Waals surface area contributed by atoms with Gasteiger partial charge in [0.1, 0.15) is 0 Å². The van der Waals surface area contributed by atoms with Gasteiger partial charge in [-0.05, 0) is 30.5 Å². The van der Waals surface area contributed by atoms with Gasteiger partial charge in [0, 0.05) is 12.5 Å². The number of hydrogen-bond acceptors (Lipinski definition) is 2. The topological polar surface area (TPSA) is 41.1 Å². The van der Waals surface area contributed by atoms with Crippen molar-refractivity contribution < 1.29 is 4.79 Å². The molecule has 0 saturated heterocycles. The summed E-state index contributed by atoms with van der Waals surface area (Å²) < 4.78 is 0. The van der Waals surface area contributed by atoms with Gasteiger partial charge in [0.05, 0.1) is 11.4 Å². The van der Waals surface area contributed by atoms with Crippen LogP contribution in [0.2, 0.25) is 0 Å². The molecule has 0 bridgehead atoms. The summed E-state index contributed by atoms with van der Waals surface area (Å²) in [6.45, 7) is 6.32. The molecule has 1 aliphatic heterocycles. The van der Waals surface area contributed by atoms with Gasteiger partial charge in [0.15, 0.2) is 0 Å². The van der Waals surface area contributed by atoms with Gasteiger partial charge in [-0.25, -0.2) is 0 Å². The molecule has 0 saturated carbocycles. The lowest BCUT2D eigenvalue weighted by Gasteiger charge is -2.13. The lowest BCUT2D eigenvalue weighted by Crippen LogP contribution is -2.18. The van der Waals surface area contributed by atoms with Crippen molar-refractivity contribution in [2.75, 3.05) is 10.6 Å². The van der Waals surface area contributed by atoms with E-state index >= 15 is 0 Å². The molecular formula is C13H18N2O. The molecule has 3 heteroatoms. The highest BCUT2D eigenvalue weighted by Gasteiger charge is 2.17. The SMILES string of the molecule is CC1CC(=O)Nc2cc(C(C)C)ccc2N1. The number of fused-ring (bicyclic) bond motifs is 1. The number of anilines is 2. The Morgan fingerprint density at radius 1 is 1.31 bits per heavy atom. The molecule has 1 amide bonds. The number of benzene rings is 1. The molecule has 3 nitrogen and oxygen atoms in total. The summed E-state index contributed by atoms with van der Waals surface area (Å²) in [6.07, 6.45) is 0.520. The minimum Gasteiger partial charge on any atom is -0.380 e. The molecule has 1 atom stereocenters. The molecule has 1 aromatic carbocycles. The molecule has 1 aliphatic rings. The van der Waals surface area contributed by atoms with E-state index in [1.165, 1.54) is 5.56 Å². The van der Waals surface area contributed by atoms with E-state index in [2.05, 4.69) is 36.6 Å². The van der Waals surface area contributed by atoms with Crippen LogP contribution in [0.15, 0.2) is 18.2 Å². The summed E-state index contributed by atoms with van der Waals surface area (Å²) in [5.74, 6) is 0.558. The predicted octanol–water partition coefficient (Wildman–Crippen LogP) is 2.95. The molecule has 0 fully saturated rings. The maximum atomic E-state index is 11.6. The molecule has 0 radical (unpaired) electrons. The Morgan fingerprint density at radius 2 is 2.06 bits per heavy atom. The number of hydrogen-bond donors (Lipinski definition) is 2. The van der Waals surface area contributed by atoms with Crippen LogP contribution >= 0.6 is 0 Å². The molecule has 1 unspecified atom stereocenters. The average Bonchev–Trinajstić information content (AvgIpc) is 2.32. The zero-order valence-corrected chi connectivity index (χ0v) is 10.0. The van der Waals surface area contributed by atoms with E-state index in [1.54, 1.807) is 0 Å². The third-order valence-corrected chi connectivity index (χ3v) is 2.88. The van der Waals surface area contributed by atoms with Gasteiger partial charge in [-0.15, -0.1) is 0 Å². The number of nitrogens with one attached hydrogen (secondary N) is 2. The molecule has 1 heterocycles. The molecule has 86 valence electrons. The number of carbonyl (C=O) groups excluding carboxylic acids is 1. The fourth-order valence-corrected chi connectivity index (χ4v) is 1.95. The van der Waals surface area contributed by atoms with Crippen LogP contribution in [-0.4, -0.2) is 11.9 Å². The second-order valence-electron chi connectivity index (χ2n) is 4.76. The van der Waals surface area contributed by atoms with Crippen molar-refractivity contribution in [1.29, 1.82) is 0 Å². The summed E-state index contributed by atoms with van der Waals surface area (Å²) in [5, 5.41) is 6.28. The quantitative estimate of drug-likeness (QED) is 0.761. The van der Waals surface area contributed by atoms with Gasteiger partial charge in [0.2, 0.25) is 5.91 Å². The summed E-state index contributed by atoms with van der Waals surface area (Å²) in [4.78, 5) is 11.6. The predicted molar refractivity (Wildman–Crippen MR) is 66.9 cm³/mol. The van der Waals surface area contributed by atoms with E-state index in [0.717, 1.165) is 11.4 Å². The highest BCUT2D eigenvalue weighted by Crippen LogP contribution is 2.29. The van der Waals surface area contributed by atoms with E-state index in [0.29, 0.717) is 12.3 Å². The first-order valence-corrected chi connectivity index (χ1v) is 5.76. The van der Waals surface area contributed by atoms with Crippen molar-refractivity contribution in [1.82, 2.24) is 0 Å². The maximum absolute atomic E-state index is 11.6. The van der Waals surface area contributed by atoms with Crippen molar-refractivity contribution in [3.63, 3.8) is 0 Å². The lowest BCUT2D eigenvalue weighted by molar-refractivity contribution is -0.116. The van der Waals surface area contributed by atoms with E-state index in [1.807, 2.05) is 13.0 Å². The van der Waals surface area contributed by atoms with Gasteiger partial charge < -0.3 is 10.6 Å². The second-order valence-corrected chi connectivity index (χ2v) is 4.76. The lowest BCUT2D eigenvalue weighted by atomic mass is 10.0. The zero-order valence-electron chi connectivity index (χ0n) is 10.0. The van der Waals surface area contributed by atoms with Gasteiger partial charge in [-0.3, -0.25) is 4.79 Å². The van der Waals surface area contributed by atoms with Crippen molar-refractivity contribution in [3.05, 3.63) is 23.8 Å². The third kappa shape index (κ3) is 2.18. The Morgan fingerprint density at radius 3 is 2.75 bits per heavy atom. The van der Waals surface area contributed by atoms with Crippen LogP contribution in [-0.2, 0) is 4.79 Å². The Kier molecular flexibility index (Phi) is 2.86. The molecule has 0 aromatic heterocycles. The fraction of sp³-hybridized carbons (Fsp3) is 0.462. The van der Waals surface area contributed by atoms with E-state index in [9.17, 15) is 4.79 Å². The van der Waals surface area contributed by atoms with Gasteiger partial charge in [-0.2, -0.15) is 0 Å². The van der Waals surface area contributed by atoms with Crippen LogP contribution in [0.5, 0.6) is 0 Å². The first kappa shape index (κ1) is 11.0. The fourth-order valence-electron chi connectivity index (χ4n) is 1.95. The van der Waals surface area contributed by atoms with Crippen molar-refractivity contribution in [2.45, 2.75) is 39.2 Å². The standard InChI is InChI=1S/C13H18N2O/c1-8(2)10-4-5-11-12(7-10)15-13(16)6-9(3)14-11/h4-5,7-9,14H,6H2,1-3H3,(H,15,16). The Bertz CT molecular complexity index is 412. The first-order valence-electron chi connectivity index (χ1n) is 5.76. The summed E-state index contributed by atoms with van der Waals surface area (Å²) in [7, 11) is 0. The van der Waals surface area contributed by atoms with Crippen molar-refractivity contribution in [2.24, 2.45) is 0 Å². The zero-order chi connectivity index (χ0) is 11.7.